The number of hydrogen-bond donors (Lipinski definition) is 0. The summed E-state index contributed by atoms with van der Waals surface area (Å²) in [5, 5.41) is 0.883. The summed E-state index contributed by atoms with van der Waals surface area (Å²) in [6.45, 7) is 5.41. The van der Waals surface area contributed by atoms with Crippen molar-refractivity contribution < 1.29 is 14.3 Å². The van der Waals surface area contributed by atoms with Gasteiger partial charge in [0.2, 0.25) is 0 Å². The molecule has 2 aromatic carbocycles. The largest absolute Gasteiger partial charge is 0.494 e. The lowest BCUT2D eigenvalue weighted by molar-refractivity contribution is -0.121. The first kappa shape index (κ1) is 23.1. The smallest absolute Gasteiger partial charge is 0.265 e. The fraction of sp³-hybridized carbons (Fsp3) is 0.250. The number of aryl methyl sites for hydroxylation is 2. The fourth-order valence-corrected chi connectivity index (χ4v) is 4.97. The molecule has 0 radical (unpaired) electrons. The number of rotatable bonds is 8. The number of pyridine rings is 1. The van der Waals surface area contributed by atoms with E-state index < -0.39 is 0 Å². The minimum atomic E-state index is -0.0294. The number of carbonyl (C=O) groups excluding carboxylic acids is 1. The van der Waals surface area contributed by atoms with E-state index in [9.17, 15) is 4.79 Å². The van der Waals surface area contributed by atoms with Crippen LogP contribution in [0.15, 0.2) is 66.9 Å². The number of benzene rings is 2. The Morgan fingerprint density at radius 2 is 1.91 bits per heavy atom. The molecule has 0 atom stereocenters. The van der Waals surface area contributed by atoms with Gasteiger partial charge in [0.05, 0.1) is 23.7 Å². The molecule has 0 aliphatic carbocycles. The molecule has 3 heterocycles. The van der Waals surface area contributed by atoms with Crippen molar-refractivity contribution in [1.82, 2.24) is 9.97 Å². The molecular weight excluding hydrogens is 458 g/mol. The van der Waals surface area contributed by atoms with E-state index in [1.54, 1.807) is 17.5 Å². The topological polar surface area (TPSA) is 64.5 Å². The van der Waals surface area contributed by atoms with Gasteiger partial charge in [-0.1, -0.05) is 23.8 Å². The second kappa shape index (κ2) is 10.3. The van der Waals surface area contributed by atoms with E-state index >= 15 is 0 Å². The molecule has 0 fully saturated rings. The third-order valence-electron chi connectivity index (χ3n) is 5.92. The molecule has 0 unspecified atom stereocenters. The number of anilines is 1. The Kier molecular flexibility index (Phi) is 6.77. The number of hydrogen-bond acceptors (Lipinski definition) is 6. The van der Waals surface area contributed by atoms with Crippen molar-refractivity contribution in [3.63, 3.8) is 0 Å². The third kappa shape index (κ3) is 5.20. The van der Waals surface area contributed by atoms with Crippen LogP contribution in [0.3, 0.4) is 0 Å². The van der Waals surface area contributed by atoms with Gasteiger partial charge in [-0.05, 0) is 69.2 Å². The molecule has 2 aromatic heterocycles. The van der Waals surface area contributed by atoms with Gasteiger partial charge in [-0.25, -0.2) is 4.98 Å². The minimum absolute atomic E-state index is 0.0294. The number of thiazole rings is 1. The Bertz CT molecular complexity index is 1320. The van der Waals surface area contributed by atoms with Crippen molar-refractivity contribution in [3.05, 3.63) is 77.3 Å². The van der Waals surface area contributed by atoms with Crippen molar-refractivity contribution in [2.75, 3.05) is 24.7 Å². The number of fused-ring (bicyclic) bond motifs is 1. The summed E-state index contributed by atoms with van der Waals surface area (Å²) in [6.07, 6.45) is 3.46. The van der Waals surface area contributed by atoms with Crippen molar-refractivity contribution in [2.24, 2.45) is 0 Å². The van der Waals surface area contributed by atoms with Crippen molar-refractivity contribution in [1.29, 1.82) is 0 Å². The summed E-state index contributed by atoms with van der Waals surface area (Å²) in [5.74, 6) is 1.57. The lowest BCUT2D eigenvalue weighted by atomic mass is 10.1. The molecule has 5 rings (SSSR count). The van der Waals surface area contributed by atoms with Crippen LogP contribution in [0.25, 0.3) is 22.0 Å². The van der Waals surface area contributed by atoms with Crippen LogP contribution in [-0.4, -0.2) is 35.6 Å². The predicted octanol–water partition coefficient (Wildman–Crippen LogP) is 6.07. The summed E-state index contributed by atoms with van der Waals surface area (Å²) >= 11 is 1.62. The van der Waals surface area contributed by atoms with Gasteiger partial charge in [0.25, 0.3) is 5.91 Å². The quantitative estimate of drug-likeness (QED) is 0.283. The third-order valence-corrected chi connectivity index (χ3v) is 6.92. The Labute approximate surface area is 209 Å². The van der Waals surface area contributed by atoms with Crippen LogP contribution in [0.2, 0.25) is 0 Å². The molecule has 7 heteroatoms. The second-order valence-corrected chi connectivity index (χ2v) is 9.73. The molecule has 1 aliphatic heterocycles. The Hall–Kier alpha value is -3.71. The van der Waals surface area contributed by atoms with E-state index in [-0.39, 0.29) is 12.5 Å². The van der Waals surface area contributed by atoms with Gasteiger partial charge in [-0.3, -0.25) is 9.78 Å². The maximum atomic E-state index is 12.7. The Morgan fingerprint density at radius 3 is 2.71 bits per heavy atom. The summed E-state index contributed by atoms with van der Waals surface area (Å²) in [7, 11) is 0. The average molecular weight is 486 g/mol. The van der Waals surface area contributed by atoms with E-state index in [1.807, 2.05) is 65.6 Å². The normalized spacial score (nSPS) is 12.9. The molecule has 0 bridgehead atoms. The maximum Gasteiger partial charge on any atom is 0.265 e. The highest BCUT2D eigenvalue weighted by atomic mass is 32.1. The molecule has 6 nitrogen and oxygen atoms in total. The fourth-order valence-electron chi connectivity index (χ4n) is 4.05. The van der Waals surface area contributed by atoms with Gasteiger partial charge in [0.15, 0.2) is 6.61 Å². The molecule has 35 heavy (non-hydrogen) atoms. The highest BCUT2D eigenvalue weighted by Gasteiger charge is 2.26. The highest BCUT2D eigenvalue weighted by Crippen LogP contribution is 2.39. The van der Waals surface area contributed by atoms with Crippen LogP contribution in [0.5, 0.6) is 11.5 Å². The minimum Gasteiger partial charge on any atom is -0.494 e. The van der Waals surface area contributed by atoms with Crippen LogP contribution in [0.4, 0.5) is 5.69 Å². The SMILES string of the molecule is Cc1ccc(OCCCCN2C(=O)COc3ccc(-c4nc(-c5ccccn5)sc4C)cc32)cc1. The van der Waals surface area contributed by atoms with Gasteiger partial charge < -0.3 is 14.4 Å². The average Bonchev–Trinajstić information content (AvgIpc) is 3.28. The van der Waals surface area contributed by atoms with E-state index in [4.69, 9.17) is 14.5 Å². The van der Waals surface area contributed by atoms with Gasteiger partial charge in [0, 0.05) is 23.2 Å². The van der Waals surface area contributed by atoms with Gasteiger partial charge >= 0.3 is 0 Å². The molecule has 178 valence electrons. The number of unbranched alkanes of at least 4 members (excludes halogenated alkanes) is 1. The van der Waals surface area contributed by atoms with Crippen LogP contribution in [-0.2, 0) is 4.79 Å². The first-order chi connectivity index (χ1) is 17.1. The monoisotopic (exact) mass is 485 g/mol. The van der Waals surface area contributed by atoms with Gasteiger partial charge in [-0.15, -0.1) is 11.3 Å². The van der Waals surface area contributed by atoms with Crippen LogP contribution in [0.1, 0.15) is 23.3 Å². The molecule has 1 amide bonds. The van der Waals surface area contributed by atoms with E-state index in [1.165, 1.54) is 5.56 Å². The van der Waals surface area contributed by atoms with Gasteiger partial charge in [0.1, 0.15) is 16.5 Å². The number of aromatic nitrogens is 2. The summed E-state index contributed by atoms with van der Waals surface area (Å²) in [4.78, 5) is 24.9. The predicted molar refractivity (Wildman–Crippen MR) is 139 cm³/mol. The summed E-state index contributed by atoms with van der Waals surface area (Å²) in [6, 6.07) is 19.8. The molecule has 0 saturated carbocycles. The van der Waals surface area contributed by atoms with Crippen molar-refractivity contribution >= 4 is 22.9 Å². The lowest BCUT2D eigenvalue weighted by Gasteiger charge is -2.29. The standard InChI is InChI=1S/C28H27N3O3S/c1-19-8-11-22(12-9-19)33-16-6-5-15-31-24-17-21(10-13-25(24)34-18-26(31)32)27-20(2)35-28(30-27)23-7-3-4-14-29-23/h3-4,7-14,17H,5-6,15-16,18H2,1-2H3. The molecule has 0 N–H and O–H groups in total. The number of carbonyl (C=O) groups is 1. The second-order valence-electron chi connectivity index (χ2n) is 8.52. The van der Waals surface area contributed by atoms with E-state index in [0.29, 0.717) is 13.2 Å². The molecule has 4 aromatic rings. The first-order valence-corrected chi connectivity index (χ1v) is 12.6. The highest BCUT2D eigenvalue weighted by molar-refractivity contribution is 7.15. The molecule has 0 spiro atoms. The molecular formula is C28H27N3O3S. The van der Waals surface area contributed by atoms with Crippen LogP contribution >= 0.6 is 11.3 Å². The zero-order valence-corrected chi connectivity index (χ0v) is 20.7. The van der Waals surface area contributed by atoms with E-state index in [2.05, 4.69) is 18.8 Å². The Morgan fingerprint density at radius 1 is 1.06 bits per heavy atom. The van der Waals surface area contributed by atoms with E-state index in [0.717, 1.165) is 56.9 Å². The summed E-state index contributed by atoms with van der Waals surface area (Å²) < 4.78 is 11.5. The lowest BCUT2D eigenvalue weighted by Crippen LogP contribution is -2.39. The summed E-state index contributed by atoms with van der Waals surface area (Å²) in [5.41, 5.74) is 4.73. The van der Waals surface area contributed by atoms with Crippen LogP contribution < -0.4 is 14.4 Å². The molecule has 0 saturated heterocycles. The zero-order chi connectivity index (χ0) is 24.2. The van der Waals surface area contributed by atoms with Crippen LogP contribution in [0, 0.1) is 13.8 Å². The maximum absolute atomic E-state index is 12.7. The van der Waals surface area contributed by atoms with Gasteiger partial charge in [-0.2, -0.15) is 0 Å². The molecule has 1 aliphatic rings. The number of amides is 1. The van der Waals surface area contributed by atoms with Crippen molar-refractivity contribution in [2.45, 2.75) is 26.7 Å². The number of ether oxygens (including phenoxy) is 2. The Balaban J connectivity index is 1.29. The van der Waals surface area contributed by atoms with Crippen molar-refractivity contribution in [3.8, 4) is 33.5 Å². The zero-order valence-electron chi connectivity index (χ0n) is 19.9. The number of nitrogens with zero attached hydrogens (tertiary/aromatic N) is 3. The first-order valence-electron chi connectivity index (χ1n) is 11.7.